The van der Waals surface area contributed by atoms with Gasteiger partial charge in [0, 0.05) is 36.9 Å². The lowest BCUT2D eigenvalue weighted by molar-refractivity contribution is -0.123. The number of carbonyl (C=O) groups excluding carboxylic acids is 1. The largest absolute Gasteiger partial charge is 0.299 e. The smallest absolute Gasteiger partial charge is 0.137 e. The number of Topliss-reactive ketones (excluding diaryl/α,β-unsaturated/α-hetero) is 1. The summed E-state index contributed by atoms with van der Waals surface area (Å²) < 4.78 is 0. The molecule has 0 bridgehead atoms. The second-order valence-corrected chi connectivity index (χ2v) is 6.62. The summed E-state index contributed by atoms with van der Waals surface area (Å²) in [6.45, 7) is 3.19. The first-order chi connectivity index (χ1) is 8.83. The Hall–Kier alpha value is -0.670. The first-order valence-electron chi connectivity index (χ1n) is 7.13. The van der Waals surface area contributed by atoms with Crippen LogP contribution < -0.4 is 0 Å². The van der Waals surface area contributed by atoms with Crippen molar-refractivity contribution in [2.24, 2.45) is 5.92 Å². The molecule has 1 aliphatic carbocycles. The molecule has 0 amide bonds. The van der Waals surface area contributed by atoms with Gasteiger partial charge in [-0.15, -0.1) is 11.3 Å². The Bertz CT molecular complexity index is 426. The maximum Gasteiger partial charge on any atom is 0.137 e. The van der Waals surface area contributed by atoms with Crippen LogP contribution in [0.3, 0.4) is 0 Å². The molecule has 0 spiro atoms. The van der Waals surface area contributed by atoms with E-state index in [-0.39, 0.29) is 0 Å². The van der Waals surface area contributed by atoms with Gasteiger partial charge in [-0.1, -0.05) is 12.8 Å². The van der Waals surface area contributed by atoms with Gasteiger partial charge in [0.25, 0.3) is 0 Å². The van der Waals surface area contributed by atoms with Crippen molar-refractivity contribution in [3.8, 4) is 0 Å². The van der Waals surface area contributed by atoms with E-state index < -0.39 is 0 Å². The van der Waals surface area contributed by atoms with Gasteiger partial charge in [-0.2, -0.15) is 0 Å². The SMILES string of the molecule is O=C1CCCCCC1CN1CCc2sccc2C1. The molecular weight excluding hydrogens is 242 g/mol. The molecule has 1 aromatic rings. The van der Waals surface area contributed by atoms with Gasteiger partial charge >= 0.3 is 0 Å². The van der Waals surface area contributed by atoms with Gasteiger partial charge < -0.3 is 0 Å². The predicted molar refractivity (Wildman–Crippen MR) is 74.9 cm³/mol. The monoisotopic (exact) mass is 263 g/mol. The lowest BCUT2D eigenvalue weighted by atomic mass is 9.97. The Morgan fingerprint density at radius 3 is 3.17 bits per heavy atom. The van der Waals surface area contributed by atoms with Gasteiger partial charge in [0.1, 0.15) is 5.78 Å². The van der Waals surface area contributed by atoms with Gasteiger partial charge in [-0.3, -0.25) is 9.69 Å². The maximum absolute atomic E-state index is 12.1. The summed E-state index contributed by atoms with van der Waals surface area (Å²) in [6, 6.07) is 2.25. The molecule has 1 aromatic heterocycles. The lowest BCUT2D eigenvalue weighted by Crippen LogP contribution is -2.36. The van der Waals surface area contributed by atoms with Crippen molar-refractivity contribution < 1.29 is 4.79 Å². The Labute approximate surface area is 113 Å². The zero-order valence-corrected chi connectivity index (χ0v) is 11.7. The van der Waals surface area contributed by atoms with Crippen LogP contribution in [0.5, 0.6) is 0 Å². The van der Waals surface area contributed by atoms with Crippen LogP contribution in [0.15, 0.2) is 11.4 Å². The molecule has 18 heavy (non-hydrogen) atoms. The fourth-order valence-electron chi connectivity index (χ4n) is 3.20. The molecule has 3 rings (SSSR count). The van der Waals surface area contributed by atoms with Crippen LogP contribution in [-0.2, 0) is 17.8 Å². The Balaban J connectivity index is 1.61. The molecule has 0 saturated heterocycles. The Kier molecular flexibility index (Phi) is 3.80. The van der Waals surface area contributed by atoms with Gasteiger partial charge in [0.2, 0.25) is 0 Å². The molecule has 2 aliphatic rings. The number of hydrogen-bond acceptors (Lipinski definition) is 3. The highest BCUT2D eigenvalue weighted by Gasteiger charge is 2.25. The van der Waals surface area contributed by atoms with Crippen molar-refractivity contribution in [3.05, 3.63) is 21.9 Å². The minimum Gasteiger partial charge on any atom is -0.299 e. The zero-order chi connectivity index (χ0) is 12.4. The fourth-order valence-corrected chi connectivity index (χ4v) is 4.09. The average molecular weight is 263 g/mol. The third-order valence-corrected chi connectivity index (χ3v) is 5.32. The van der Waals surface area contributed by atoms with E-state index in [4.69, 9.17) is 0 Å². The quantitative estimate of drug-likeness (QED) is 0.763. The molecule has 1 saturated carbocycles. The molecule has 1 unspecified atom stereocenters. The minimum atomic E-state index is 0.313. The number of carbonyl (C=O) groups is 1. The number of hydrogen-bond donors (Lipinski definition) is 0. The third-order valence-electron chi connectivity index (χ3n) is 4.30. The van der Waals surface area contributed by atoms with E-state index in [2.05, 4.69) is 16.3 Å². The summed E-state index contributed by atoms with van der Waals surface area (Å²) in [4.78, 5) is 16.1. The lowest BCUT2D eigenvalue weighted by Gasteiger charge is -2.29. The normalized spacial score (nSPS) is 25.8. The van der Waals surface area contributed by atoms with Crippen molar-refractivity contribution in [2.75, 3.05) is 13.1 Å². The highest BCUT2D eigenvalue weighted by molar-refractivity contribution is 7.10. The van der Waals surface area contributed by atoms with Crippen LogP contribution >= 0.6 is 11.3 Å². The summed E-state index contributed by atoms with van der Waals surface area (Å²) >= 11 is 1.88. The molecule has 3 heteroatoms. The van der Waals surface area contributed by atoms with Crippen LogP contribution in [0.1, 0.15) is 42.5 Å². The predicted octanol–water partition coefficient (Wildman–Crippen LogP) is 3.26. The third kappa shape index (κ3) is 2.67. The summed E-state index contributed by atoms with van der Waals surface area (Å²) in [5, 5.41) is 2.20. The summed E-state index contributed by atoms with van der Waals surface area (Å²) in [6.07, 6.45) is 6.72. The second-order valence-electron chi connectivity index (χ2n) is 5.62. The summed E-state index contributed by atoms with van der Waals surface area (Å²) in [5.74, 6) is 0.830. The topological polar surface area (TPSA) is 20.3 Å². The van der Waals surface area contributed by atoms with E-state index >= 15 is 0 Å². The molecule has 2 heterocycles. The fraction of sp³-hybridized carbons (Fsp3) is 0.667. The molecule has 1 fully saturated rings. The van der Waals surface area contributed by atoms with E-state index in [9.17, 15) is 4.79 Å². The van der Waals surface area contributed by atoms with Gasteiger partial charge in [-0.05, 0) is 36.3 Å². The second kappa shape index (κ2) is 5.54. The molecule has 2 nitrogen and oxygen atoms in total. The van der Waals surface area contributed by atoms with Crippen LogP contribution in [0.2, 0.25) is 0 Å². The number of rotatable bonds is 2. The molecule has 0 radical (unpaired) electrons. The van der Waals surface area contributed by atoms with Crippen molar-refractivity contribution >= 4 is 17.1 Å². The van der Waals surface area contributed by atoms with Gasteiger partial charge in [-0.25, -0.2) is 0 Å². The van der Waals surface area contributed by atoms with Crippen molar-refractivity contribution in [1.29, 1.82) is 0 Å². The highest BCUT2D eigenvalue weighted by atomic mass is 32.1. The first-order valence-corrected chi connectivity index (χ1v) is 8.01. The van der Waals surface area contributed by atoms with E-state index in [1.165, 1.54) is 24.8 Å². The van der Waals surface area contributed by atoms with Crippen molar-refractivity contribution in [1.82, 2.24) is 4.90 Å². The summed E-state index contributed by atoms with van der Waals surface area (Å²) in [7, 11) is 0. The van der Waals surface area contributed by atoms with E-state index in [0.29, 0.717) is 11.7 Å². The average Bonchev–Trinajstić information content (AvgIpc) is 2.75. The molecule has 1 aliphatic heterocycles. The maximum atomic E-state index is 12.1. The molecule has 0 aromatic carbocycles. The summed E-state index contributed by atoms with van der Waals surface area (Å²) in [5.41, 5.74) is 1.49. The van der Waals surface area contributed by atoms with Gasteiger partial charge in [0.15, 0.2) is 0 Å². The van der Waals surface area contributed by atoms with Crippen molar-refractivity contribution in [2.45, 2.75) is 45.1 Å². The van der Waals surface area contributed by atoms with E-state index in [1.807, 2.05) is 11.3 Å². The number of nitrogens with zero attached hydrogens (tertiary/aromatic N) is 1. The molecule has 1 atom stereocenters. The first kappa shape index (κ1) is 12.4. The Morgan fingerprint density at radius 1 is 1.28 bits per heavy atom. The van der Waals surface area contributed by atoms with Crippen LogP contribution in [0.4, 0.5) is 0 Å². The molecule has 0 N–H and O–H groups in total. The standard InChI is InChI=1S/C15H21NOS/c17-14-5-3-1-2-4-12(14)10-16-8-6-15-13(11-16)7-9-18-15/h7,9,12H,1-6,8,10-11H2. The van der Waals surface area contributed by atoms with Gasteiger partial charge in [0.05, 0.1) is 0 Å². The molecule has 98 valence electrons. The van der Waals surface area contributed by atoms with Crippen LogP contribution in [0, 0.1) is 5.92 Å². The zero-order valence-electron chi connectivity index (χ0n) is 10.9. The van der Waals surface area contributed by atoms with E-state index in [0.717, 1.165) is 38.9 Å². The van der Waals surface area contributed by atoms with E-state index in [1.54, 1.807) is 4.88 Å². The number of thiophene rings is 1. The number of ketones is 1. The molecular formula is C15H21NOS. The van der Waals surface area contributed by atoms with Crippen molar-refractivity contribution in [3.63, 3.8) is 0 Å². The highest BCUT2D eigenvalue weighted by Crippen LogP contribution is 2.26. The number of fused-ring (bicyclic) bond motifs is 1. The Morgan fingerprint density at radius 2 is 2.22 bits per heavy atom. The van der Waals surface area contributed by atoms with Crippen LogP contribution in [-0.4, -0.2) is 23.8 Å². The van der Waals surface area contributed by atoms with Crippen LogP contribution in [0.25, 0.3) is 0 Å². The minimum absolute atomic E-state index is 0.313.